The molecule has 0 saturated heterocycles. The lowest BCUT2D eigenvalue weighted by Gasteiger charge is -2.37. The van der Waals surface area contributed by atoms with E-state index in [9.17, 15) is 9.90 Å². The van der Waals surface area contributed by atoms with Gasteiger partial charge < -0.3 is 14.6 Å². The van der Waals surface area contributed by atoms with Gasteiger partial charge >= 0.3 is 0 Å². The van der Waals surface area contributed by atoms with Crippen LogP contribution in [0.5, 0.6) is 0 Å². The highest BCUT2D eigenvalue weighted by Crippen LogP contribution is 2.27. The van der Waals surface area contributed by atoms with Crippen LogP contribution in [0, 0.1) is 0 Å². The van der Waals surface area contributed by atoms with Crippen LogP contribution in [-0.2, 0) is 7.05 Å². The van der Waals surface area contributed by atoms with Crippen LogP contribution in [0.1, 0.15) is 29.6 Å². The molecule has 0 unspecified atom stereocenters. The predicted molar refractivity (Wildman–Crippen MR) is 78.3 cm³/mol. The molecule has 6 nitrogen and oxygen atoms in total. The van der Waals surface area contributed by atoms with Crippen molar-refractivity contribution in [2.24, 2.45) is 7.05 Å². The van der Waals surface area contributed by atoms with Gasteiger partial charge in [0.15, 0.2) is 0 Å². The summed E-state index contributed by atoms with van der Waals surface area (Å²) in [6, 6.07) is 4.08. The summed E-state index contributed by atoms with van der Waals surface area (Å²) in [4.78, 5) is 14.6. The summed E-state index contributed by atoms with van der Waals surface area (Å²) in [5.74, 6) is 0.706. The molecular weight excluding hydrogens is 268 g/mol. The van der Waals surface area contributed by atoms with Gasteiger partial charge in [0, 0.05) is 32.0 Å². The maximum Gasteiger partial charge on any atom is 0.259 e. The van der Waals surface area contributed by atoms with Crippen molar-refractivity contribution in [3.05, 3.63) is 36.3 Å². The van der Waals surface area contributed by atoms with E-state index < -0.39 is 0 Å². The molecule has 0 bridgehead atoms. The fraction of sp³-hybridized carbons (Fsp3) is 0.467. The van der Waals surface area contributed by atoms with Crippen molar-refractivity contribution < 1.29 is 9.90 Å². The number of rotatable bonds is 5. The summed E-state index contributed by atoms with van der Waals surface area (Å²) in [5, 5.41) is 13.5. The van der Waals surface area contributed by atoms with E-state index >= 15 is 0 Å². The van der Waals surface area contributed by atoms with Crippen LogP contribution < -0.4 is 0 Å². The minimum Gasteiger partial charge on any atom is -0.395 e. The van der Waals surface area contributed by atoms with E-state index in [1.54, 1.807) is 15.8 Å². The zero-order valence-corrected chi connectivity index (χ0v) is 12.1. The number of aliphatic hydroxyl groups is 1. The van der Waals surface area contributed by atoms with Gasteiger partial charge in [-0.25, -0.2) is 0 Å². The van der Waals surface area contributed by atoms with Crippen molar-refractivity contribution in [2.75, 3.05) is 13.2 Å². The number of aliphatic hydroxyl groups excluding tert-OH is 1. The van der Waals surface area contributed by atoms with Crippen molar-refractivity contribution in [3.8, 4) is 5.82 Å². The van der Waals surface area contributed by atoms with Gasteiger partial charge in [-0.2, -0.15) is 5.10 Å². The highest BCUT2D eigenvalue weighted by molar-refractivity contribution is 5.97. The molecule has 1 aliphatic rings. The van der Waals surface area contributed by atoms with Crippen molar-refractivity contribution in [2.45, 2.75) is 25.3 Å². The second kappa shape index (κ2) is 5.73. The van der Waals surface area contributed by atoms with E-state index in [1.807, 2.05) is 36.1 Å². The molecule has 2 aromatic heterocycles. The van der Waals surface area contributed by atoms with Crippen molar-refractivity contribution >= 4 is 5.91 Å². The molecule has 1 aliphatic carbocycles. The molecule has 0 spiro atoms. The Morgan fingerprint density at radius 1 is 1.43 bits per heavy atom. The number of hydrogen-bond acceptors (Lipinski definition) is 3. The predicted octanol–water partition coefficient (Wildman–Crippen LogP) is 1.20. The number of carbonyl (C=O) groups is 1. The minimum absolute atomic E-state index is 0.0125. The third kappa shape index (κ3) is 2.47. The molecule has 0 atom stereocenters. The quantitative estimate of drug-likeness (QED) is 0.899. The standard InChI is InChI=1S/C15H20N4O2/c1-17-14(18-7-2-3-8-18)13(11-16-17)15(21)19(9-10-20)12-5-4-6-12/h2-3,7-8,11-12,20H,4-6,9-10H2,1H3. The van der Waals surface area contributed by atoms with Crippen LogP contribution in [-0.4, -0.2) is 49.5 Å². The van der Waals surface area contributed by atoms with Crippen LogP contribution in [0.15, 0.2) is 30.7 Å². The molecule has 0 aromatic carbocycles. The fourth-order valence-electron chi connectivity index (χ4n) is 2.77. The molecule has 112 valence electrons. The van der Waals surface area contributed by atoms with Gasteiger partial charge in [0.1, 0.15) is 11.4 Å². The molecule has 1 saturated carbocycles. The van der Waals surface area contributed by atoms with Crippen LogP contribution in [0.4, 0.5) is 0 Å². The monoisotopic (exact) mass is 288 g/mol. The Labute approximate surface area is 123 Å². The minimum atomic E-state index is -0.0504. The Bertz CT molecular complexity index is 614. The second-order valence-corrected chi connectivity index (χ2v) is 5.40. The van der Waals surface area contributed by atoms with Gasteiger partial charge in [-0.3, -0.25) is 9.48 Å². The summed E-state index contributed by atoms with van der Waals surface area (Å²) in [7, 11) is 1.83. The molecule has 1 fully saturated rings. The van der Waals surface area contributed by atoms with Crippen LogP contribution >= 0.6 is 0 Å². The van der Waals surface area contributed by atoms with Gasteiger partial charge in [0.2, 0.25) is 0 Å². The van der Waals surface area contributed by atoms with E-state index in [1.165, 1.54) is 0 Å². The zero-order valence-electron chi connectivity index (χ0n) is 12.1. The van der Waals surface area contributed by atoms with Crippen LogP contribution in [0.25, 0.3) is 5.82 Å². The highest BCUT2D eigenvalue weighted by atomic mass is 16.3. The van der Waals surface area contributed by atoms with Gasteiger partial charge in [-0.05, 0) is 31.4 Å². The van der Waals surface area contributed by atoms with Crippen molar-refractivity contribution in [1.29, 1.82) is 0 Å². The molecule has 2 aromatic rings. The van der Waals surface area contributed by atoms with E-state index in [0.29, 0.717) is 12.1 Å². The molecular formula is C15H20N4O2. The molecule has 3 rings (SSSR count). The van der Waals surface area contributed by atoms with Gasteiger partial charge in [0.05, 0.1) is 12.8 Å². The topological polar surface area (TPSA) is 63.3 Å². The summed E-state index contributed by atoms with van der Waals surface area (Å²) in [6.45, 7) is 0.366. The summed E-state index contributed by atoms with van der Waals surface area (Å²) in [5.41, 5.74) is 0.578. The lowest BCUT2D eigenvalue weighted by atomic mass is 9.91. The Morgan fingerprint density at radius 2 is 2.14 bits per heavy atom. The smallest absolute Gasteiger partial charge is 0.259 e. The first-order chi connectivity index (χ1) is 10.2. The first-order valence-corrected chi connectivity index (χ1v) is 7.29. The largest absolute Gasteiger partial charge is 0.395 e. The number of aryl methyl sites for hydroxylation is 1. The molecule has 2 heterocycles. The summed E-state index contributed by atoms with van der Waals surface area (Å²) in [6.07, 6.45) is 8.59. The molecule has 1 amide bonds. The Morgan fingerprint density at radius 3 is 2.71 bits per heavy atom. The second-order valence-electron chi connectivity index (χ2n) is 5.40. The van der Waals surface area contributed by atoms with E-state index in [-0.39, 0.29) is 18.6 Å². The normalized spacial score (nSPS) is 15.0. The molecule has 21 heavy (non-hydrogen) atoms. The van der Waals surface area contributed by atoms with E-state index in [4.69, 9.17) is 0 Å². The number of carbonyl (C=O) groups excluding carboxylic acids is 1. The van der Waals surface area contributed by atoms with E-state index in [0.717, 1.165) is 25.1 Å². The van der Waals surface area contributed by atoms with Crippen LogP contribution in [0.2, 0.25) is 0 Å². The first-order valence-electron chi connectivity index (χ1n) is 7.29. The summed E-state index contributed by atoms with van der Waals surface area (Å²) < 4.78 is 3.59. The van der Waals surface area contributed by atoms with Crippen molar-refractivity contribution in [3.63, 3.8) is 0 Å². The zero-order chi connectivity index (χ0) is 14.8. The van der Waals surface area contributed by atoms with Gasteiger partial charge in [-0.1, -0.05) is 0 Å². The molecule has 1 N–H and O–H groups in total. The maximum atomic E-state index is 12.8. The average molecular weight is 288 g/mol. The maximum absolute atomic E-state index is 12.8. The molecule has 6 heteroatoms. The lowest BCUT2D eigenvalue weighted by molar-refractivity contribution is 0.0525. The fourth-order valence-corrected chi connectivity index (χ4v) is 2.77. The Balaban J connectivity index is 1.94. The number of hydrogen-bond donors (Lipinski definition) is 1. The SMILES string of the molecule is Cn1ncc(C(=O)N(CCO)C2CCC2)c1-n1cccc1. The average Bonchev–Trinajstić information content (AvgIpc) is 3.04. The van der Waals surface area contributed by atoms with Gasteiger partial charge in [-0.15, -0.1) is 0 Å². The molecule has 0 aliphatic heterocycles. The third-order valence-corrected chi connectivity index (χ3v) is 4.10. The highest BCUT2D eigenvalue weighted by Gasteiger charge is 2.31. The molecule has 0 radical (unpaired) electrons. The third-order valence-electron chi connectivity index (χ3n) is 4.10. The Kier molecular flexibility index (Phi) is 3.79. The lowest BCUT2D eigenvalue weighted by Crippen LogP contribution is -2.45. The number of aromatic nitrogens is 3. The van der Waals surface area contributed by atoms with E-state index in [2.05, 4.69) is 5.10 Å². The first kappa shape index (κ1) is 13.9. The summed E-state index contributed by atoms with van der Waals surface area (Å²) >= 11 is 0. The van der Waals surface area contributed by atoms with Crippen molar-refractivity contribution in [1.82, 2.24) is 19.2 Å². The Hall–Kier alpha value is -2.08. The van der Waals surface area contributed by atoms with Gasteiger partial charge in [0.25, 0.3) is 5.91 Å². The van der Waals surface area contributed by atoms with Crippen LogP contribution in [0.3, 0.4) is 0 Å². The number of nitrogens with zero attached hydrogens (tertiary/aromatic N) is 4. The number of amides is 1.